The van der Waals surface area contributed by atoms with E-state index in [1.165, 1.54) is 19.3 Å². The molecule has 1 heterocycles. The normalized spacial score (nSPS) is 32.5. The van der Waals surface area contributed by atoms with Gasteiger partial charge in [0.2, 0.25) is 0 Å². The van der Waals surface area contributed by atoms with Gasteiger partial charge in [0, 0.05) is 24.0 Å². The van der Waals surface area contributed by atoms with Crippen LogP contribution in [0.5, 0.6) is 0 Å². The number of hydrogen-bond acceptors (Lipinski definition) is 6. The van der Waals surface area contributed by atoms with E-state index in [-0.39, 0.29) is 41.3 Å². The minimum absolute atomic E-state index is 0.0517. The van der Waals surface area contributed by atoms with Crippen LogP contribution in [0.25, 0.3) is 0 Å². The maximum Gasteiger partial charge on any atom is 0.335 e. The Balaban J connectivity index is 2.04. The maximum absolute atomic E-state index is 12.9. The Bertz CT molecular complexity index is 867. The van der Waals surface area contributed by atoms with E-state index in [9.17, 15) is 19.5 Å². The molecule has 1 N–H and O–H groups in total. The van der Waals surface area contributed by atoms with Crippen molar-refractivity contribution in [3.63, 3.8) is 0 Å². The Kier molecular flexibility index (Phi) is 6.34. The summed E-state index contributed by atoms with van der Waals surface area (Å²) in [4.78, 5) is 36.8. The molecule has 0 amide bonds. The molecule has 3 aliphatic rings. The summed E-state index contributed by atoms with van der Waals surface area (Å²) in [6, 6.07) is 0. The summed E-state index contributed by atoms with van der Waals surface area (Å²) in [5.41, 5.74) is 1.17. The van der Waals surface area contributed by atoms with E-state index >= 15 is 0 Å². The zero-order valence-corrected chi connectivity index (χ0v) is 19.4. The third kappa shape index (κ3) is 4.69. The summed E-state index contributed by atoms with van der Waals surface area (Å²) < 4.78 is 10.9. The first kappa shape index (κ1) is 23.5. The molecular formula is C25H34O6. The lowest BCUT2D eigenvalue weighted by Gasteiger charge is -2.53. The summed E-state index contributed by atoms with van der Waals surface area (Å²) in [5, 5.41) is 10.8. The fourth-order valence-corrected chi connectivity index (χ4v) is 5.72. The van der Waals surface area contributed by atoms with Crippen LogP contribution in [0, 0.1) is 23.2 Å². The molecule has 31 heavy (non-hydrogen) atoms. The number of carbonyl (C=O) groups excluding carboxylic acids is 3. The minimum atomic E-state index is -0.925. The number of aliphatic hydroxyl groups is 1. The van der Waals surface area contributed by atoms with E-state index in [0.29, 0.717) is 5.57 Å². The van der Waals surface area contributed by atoms with Crippen LogP contribution < -0.4 is 0 Å². The number of ether oxygens (including phenoxy) is 2. The summed E-state index contributed by atoms with van der Waals surface area (Å²) in [6.45, 7) is 10.9. The van der Waals surface area contributed by atoms with Crippen LogP contribution in [0.15, 0.2) is 35.1 Å². The quantitative estimate of drug-likeness (QED) is 0.389. The van der Waals surface area contributed by atoms with Crippen LogP contribution in [0.4, 0.5) is 0 Å². The Labute approximate surface area is 184 Å². The molecule has 0 spiro atoms. The van der Waals surface area contributed by atoms with Crippen molar-refractivity contribution in [3.8, 4) is 0 Å². The van der Waals surface area contributed by atoms with E-state index < -0.39 is 17.7 Å². The predicted octanol–water partition coefficient (Wildman–Crippen LogP) is 4.03. The van der Waals surface area contributed by atoms with E-state index in [1.807, 2.05) is 19.9 Å². The van der Waals surface area contributed by atoms with Crippen LogP contribution in [-0.4, -0.2) is 34.5 Å². The zero-order valence-electron chi connectivity index (χ0n) is 19.4. The van der Waals surface area contributed by atoms with Crippen LogP contribution in [0.1, 0.15) is 67.2 Å². The fraction of sp³-hybridized carbons (Fsp3) is 0.640. The van der Waals surface area contributed by atoms with Crippen molar-refractivity contribution in [1.29, 1.82) is 0 Å². The van der Waals surface area contributed by atoms with E-state index in [2.05, 4.69) is 6.92 Å². The molecule has 0 aromatic carbocycles. The van der Waals surface area contributed by atoms with Crippen LogP contribution in [-0.2, 0) is 23.9 Å². The van der Waals surface area contributed by atoms with Gasteiger partial charge in [0.15, 0.2) is 0 Å². The zero-order chi connectivity index (χ0) is 23.1. The van der Waals surface area contributed by atoms with Gasteiger partial charge < -0.3 is 14.6 Å². The molecule has 0 saturated heterocycles. The topological polar surface area (TPSA) is 89.9 Å². The molecule has 1 fully saturated rings. The van der Waals surface area contributed by atoms with Gasteiger partial charge in [-0.15, -0.1) is 0 Å². The highest BCUT2D eigenvalue weighted by molar-refractivity contribution is 5.94. The predicted molar refractivity (Wildman–Crippen MR) is 116 cm³/mol. The molecule has 0 unspecified atom stereocenters. The highest BCUT2D eigenvalue weighted by Gasteiger charge is 2.57. The van der Waals surface area contributed by atoms with E-state index in [1.54, 1.807) is 13.8 Å². The van der Waals surface area contributed by atoms with Gasteiger partial charge in [0.05, 0.1) is 11.9 Å². The van der Waals surface area contributed by atoms with Gasteiger partial charge in [-0.3, -0.25) is 4.79 Å². The second-order valence-electron chi connectivity index (χ2n) is 10.4. The Morgan fingerprint density at radius 1 is 1.29 bits per heavy atom. The average molecular weight is 431 g/mol. The number of ketones is 1. The third-order valence-corrected chi connectivity index (χ3v) is 7.02. The van der Waals surface area contributed by atoms with E-state index in [4.69, 9.17) is 9.47 Å². The molecule has 0 aromatic heterocycles. The molecule has 170 valence electrons. The summed E-state index contributed by atoms with van der Waals surface area (Å²) in [7, 11) is 0. The Morgan fingerprint density at radius 2 is 1.97 bits per heavy atom. The van der Waals surface area contributed by atoms with Crippen molar-refractivity contribution in [1.82, 2.24) is 0 Å². The molecule has 0 aromatic rings. The molecule has 5 atom stereocenters. The van der Waals surface area contributed by atoms with Gasteiger partial charge in [-0.05, 0) is 82.8 Å². The van der Waals surface area contributed by atoms with Gasteiger partial charge >= 0.3 is 11.9 Å². The van der Waals surface area contributed by atoms with E-state index in [0.717, 1.165) is 30.4 Å². The van der Waals surface area contributed by atoms with Crippen LogP contribution >= 0.6 is 0 Å². The first-order valence-electron chi connectivity index (χ1n) is 11.0. The number of hydrogen-bond donors (Lipinski definition) is 1. The maximum atomic E-state index is 12.9. The molecule has 2 bridgehead atoms. The SMILES string of the molecule is CC(=O)C[C@@H]1OC(=O)C2=C1[C@H](/C=C/OC(=O)C=C(C)C)[C@@]1(C)CC[C@H](C(C)(C)O)[C@@H]2C1. The average Bonchev–Trinajstić information content (AvgIpc) is 2.91. The smallest absolute Gasteiger partial charge is 0.335 e. The minimum Gasteiger partial charge on any atom is -0.454 e. The molecule has 6 heteroatoms. The van der Waals surface area contributed by atoms with Gasteiger partial charge in [-0.2, -0.15) is 0 Å². The monoisotopic (exact) mass is 430 g/mol. The van der Waals surface area contributed by atoms with Crippen molar-refractivity contribution in [2.45, 2.75) is 78.9 Å². The van der Waals surface area contributed by atoms with Crippen molar-refractivity contribution >= 4 is 17.7 Å². The second-order valence-corrected chi connectivity index (χ2v) is 10.4. The summed E-state index contributed by atoms with van der Waals surface area (Å²) >= 11 is 0. The first-order chi connectivity index (χ1) is 14.3. The third-order valence-electron chi connectivity index (χ3n) is 7.02. The molecule has 1 saturated carbocycles. The van der Waals surface area contributed by atoms with Crippen molar-refractivity contribution in [2.75, 3.05) is 0 Å². The van der Waals surface area contributed by atoms with Crippen molar-refractivity contribution in [2.24, 2.45) is 23.2 Å². The number of esters is 2. The van der Waals surface area contributed by atoms with Crippen molar-refractivity contribution in [3.05, 3.63) is 35.1 Å². The number of fused-ring (bicyclic) bond motifs is 3. The molecule has 2 aliphatic carbocycles. The Morgan fingerprint density at radius 3 is 2.55 bits per heavy atom. The van der Waals surface area contributed by atoms with Gasteiger partial charge in [0.25, 0.3) is 0 Å². The molecular weight excluding hydrogens is 396 g/mol. The summed E-state index contributed by atoms with van der Waals surface area (Å²) in [5.74, 6) is -1.25. The standard InChI is InChI=1S/C25H34O6/c1-14(2)11-20(27)30-10-8-18-22-19(12-15(3)26)31-23(28)21(22)16-13-25(18,6)9-7-17(16)24(4,5)29/h8,10-11,16-19,29H,7,9,12-13H2,1-6H3/b10-8+/t16-,17-,18-,19-,25-/m0/s1. The largest absolute Gasteiger partial charge is 0.454 e. The lowest BCUT2D eigenvalue weighted by Crippen LogP contribution is -2.49. The van der Waals surface area contributed by atoms with Gasteiger partial charge in [-0.1, -0.05) is 12.5 Å². The number of cyclic esters (lactones) is 1. The molecule has 6 nitrogen and oxygen atoms in total. The van der Waals surface area contributed by atoms with Gasteiger partial charge in [-0.25, -0.2) is 9.59 Å². The van der Waals surface area contributed by atoms with Gasteiger partial charge in [0.1, 0.15) is 11.9 Å². The number of carbonyl (C=O) groups is 3. The number of Topliss-reactive ketones (excluding diaryl/α,β-unsaturated/α-hetero) is 1. The number of rotatable bonds is 6. The highest BCUT2D eigenvalue weighted by atomic mass is 16.5. The summed E-state index contributed by atoms with van der Waals surface area (Å²) in [6.07, 6.45) is 6.55. The first-order valence-corrected chi connectivity index (χ1v) is 11.0. The molecule has 3 rings (SSSR count). The van der Waals surface area contributed by atoms with Crippen LogP contribution in [0.2, 0.25) is 0 Å². The fourth-order valence-electron chi connectivity index (χ4n) is 5.72. The molecule has 1 aliphatic heterocycles. The highest BCUT2D eigenvalue weighted by Crippen LogP contribution is 2.60. The lowest BCUT2D eigenvalue weighted by molar-refractivity contribution is -0.141. The van der Waals surface area contributed by atoms with Crippen LogP contribution in [0.3, 0.4) is 0 Å². The Hall–Kier alpha value is -2.21. The number of allylic oxidation sites excluding steroid dienone is 2. The molecule has 0 radical (unpaired) electrons. The van der Waals surface area contributed by atoms with Crippen molar-refractivity contribution < 1.29 is 29.0 Å². The lowest BCUT2D eigenvalue weighted by atomic mass is 9.51. The second kappa shape index (κ2) is 8.38.